The molecule has 2 fully saturated rings. The third-order valence-corrected chi connectivity index (χ3v) is 3.72. The number of carbonyl (C=O) groups excluding carboxylic acids is 1. The van der Waals surface area contributed by atoms with Gasteiger partial charge in [-0.15, -0.1) is 0 Å². The minimum atomic E-state index is 0.215. The third-order valence-electron chi connectivity index (χ3n) is 3.72. The Kier molecular flexibility index (Phi) is 5.41. The molecule has 0 aromatic carbocycles. The molecular weight excluding hydrogens is 230 g/mol. The lowest BCUT2D eigenvalue weighted by atomic mass is 10.2. The van der Waals surface area contributed by atoms with Crippen molar-refractivity contribution in [3.63, 3.8) is 0 Å². The van der Waals surface area contributed by atoms with Gasteiger partial charge in [-0.2, -0.15) is 0 Å². The van der Waals surface area contributed by atoms with Crippen LogP contribution in [0.15, 0.2) is 0 Å². The van der Waals surface area contributed by atoms with Crippen molar-refractivity contribution in [1.82, 2.24) is 15.1 Å². The van der Waals surface area contributed by atoms with Gasteiger partial charge in [0.15, 0.2) is 0 Å². The zero-order chi connectivity index (χ0) is 12.8. The summed E-state index contributed by atoms with van der Waals surface area (Å²) in [6.07, 6.45) is 3.60. The molecule has 0 radical (unpaired) electrons. The first kappa shape index (κ1) is 13.8. The Labute approximate surface area is 109 Å². The Morgan fingerprint density at radius 3 is 3.06 bits per heavy atom. The van der Waals surface area contributed by atoms with E-state index in [0.29, 0.717) is 6.54 Å². The highest BCUT2D eigenvalue weighted by Crippen LogP contribution is 2.12. The Bertz CT molecular complexity index is 259. The largest absolute Gasteiger partial charge is 0.376 e. The van der Waals surface area contributed by atoms with E-state index in [4.69, 9.17) is 4.74 Å². The molecule has 2 heterocycles. The zero-order valence-electron chi connectivity index (χ0n) is 11.4. The highest BCUT2D eigenvalue weighted by molar-refractivity contribution is 5.78. The normalized spacial score (nSPS) is 25.9. The van der Waals surface area contributed by atoms with Gasteiger partial charge < -0.3 is 15.0 Å². The summed E-state index contributed by atoms with van der Waals surface area (Å²) in [5.41, 5.74) is 0. The van der Waals surface area contributed by atoms with Crippen LogP contribution in [0.5, 0.6) is 0 Å². The van der Waals surface area contributed by atoms with E-state index in [1.165, 1.54) is 0 Å². The molecule has 1 unspecified atom stereocenters. The van der Waals surface area contributed by atoms with Crippen molar-refractivity contribution < 1.29 is 9.53 Å². The number of carbonyl (C=O) groups is 1. The van der Waals surface area contributed by atoms with E-state index < -0.39 is 0 Å². The molecule has 2 aliphatic rings. The molecule has 5 heteroatoms. The van der Waals surface area contributed by atoms with Gasteiger partial charge in [-0.05, 0) is 32.4 Å². The Morgan fingerprint density at radius 1 is 1.39 bits per heavy atom. The van der Waals surface area contributed by atoms with E-state index in [9.17, 15) is 4.79 Å². The number of hydrogen-bond acceptors (Lipinski definition) is 4. The van der Waals surface area contributed by atoms with E-state index in [-0.39, 0.29) is 12.0 Å². The first-order valence-electron chi connectivity index (χ1n) is 7.04. The number of hydrogen-bond donors (Lipinski definition) is 1. The van der Waals surface area contributed by atoms with Crippen LogP contribution in [0.2, 0.25) is 0 Å². The van der Waals surface area contributed by atoms with Gasteiger partial charge in [0, 0.05) is 33.3 Å². The molecule has 2 aliphatic heterocycles. The second kappa shape index (κ2) is 7.07. The van der Waals surface area contributed by atoms with Gasteiger partial charge >= 0.3 is 0 Å². The maximum Gasteiger partial charge on any atom is 0.236 e. The van der Waals surface area contributed by atoms with Crippen LogP contribution in [0.4, 0.5) is 0 Å². The zero-order valence-corrected chi connectivity index (χ0v) is 11.4. The van der Waals surface area contributed by atoms with Gasteiger partial charge in [-0.1, -0.05) is 0 Å². The summed E-state index contributed by atoms with van der Waals surface area (Å²) in [5.74, 6) is 0.215. The fraction of sp³-hybridized carbons (Fsp3) is 0.923. The van der Waals surface area contributed by atoms with Gasteiger partial charge in [0.2, 0.25) is 5.91 Å². The summed E-state index contributed by atoms with van der Waals surface area (Å²) in [5, 5.41) is 3.35. The first-order chi connectivity index (χ1) is 8.75. The summed E-state index contributed by atoms with van der Waals surface area (Å²) in [4.78, 5) is 16.2. The van der Waals surface area contributed by atoms with Crippen molar-refractivity contribution in [1.29, 1.82) is 0 Å². The average molecular weight is 255 g/mol. The lowest BCUT2D eigenvalue weighted by Gasteiger charge is -2.25. The van der Waals surface area contributed by atoms with Crippen molar-refractivity contribution in [3.05, 3.63) is 0 Å². The molecule has 104 valence electrons. The van der Waals surface area contributed by atoms with Gasteiger partial charge in [0.1, 0.15) is 0 Å². The topological polar surface area (TPSA) is 44.8 Å². The fourth-order valence-corrected chi connectivity index (χ4v) is 2.57. The number of nitrogens with one attached hydrogen (secondary N) is 1. The summed E-state index contributed by atoms with van der Waals surface area (Å²) in [7, 11) is 1.89. The molecule has 1 N–H and O–H groups in total. The fourth-order valence-electron chi connectivity index (χ4n) is 2.57. The van der Waals surface area contributed by atoms with Crippen molar-refractivity contribution in [2.75, 3.05) is 52.9 Å². The standard InChI is InChI=1S/C13H25N3O2/c1-15(10-12-4-2-9-18-12)13(17)11-16-7-3-5-14-6-8-16/h12,14H,2-11H2,1H3. The highest BCUT2D eigenvalue weighted by Gasteiger charge is 2.21. The number of nitrogens with zero attached hydrogens (tertiary/aromatic N) is 2. The van der Waals surface area contributed by atoms with Crippen LogP contribution in [0, 0.1) is 0 Å². The average Bonchev–Trinajstić information content (AvgIpc) is 2.72. The van der Waals surface area contributed by atoms with Gasteiger partial charge in [0.25, 0.3) is 0 Å². The summed E-state index contributed by atoms with van der Waals surface area (Å²) in [6, 6.07) is 0. The number of amides is 1. The van der Waals surface area contributed by atoms with E-state index in [2.05, 4.69) is 10.2 Å². The van der Waals surface area contributed by atoms with Crippen molar-refractivity contribution in [2.24, 2.45) is 0 Å². The molecule has 0 bridgehead atoms. The van der Waals surface area contributed by atoms with E-state index >= 15 is 0 Å². The molecule has 0 spiro atoms. The van der Waals surface area contributed by atoms with Crippen LogP contribution in [0.25, 0.3) is 0 Å². The molecule has 5 nitrogen and oxygen atoms in total. The SMILES string of the molecule is CN(CC1CCCO1)C(=O)CN1CCCNCC1. The van der Waals surface area contributed by atoms with E-state index in [1.807, 2.05) is 11.9 Å². The predicted molar refractivity (Wildman–Crippen MR) is 70.5 cm³/mol. The smallest absolute Gasteiger partial charge is 0.236 e. The summed E-state index contributed by atoms with van der Waals surface area (Å²) in [6.45, 7) is 6.19. The number of rotatable bonds is 4. The molecule has 0 aliphatic carbocycles. The van der Waals surface area contributed by atoms with Gasteiger partial charge in [-0.3, -0.25) is 9.69 Å². The molecule has 2 rings (SSSR count). The second-order valence-corrected chi connectivity index (χ2v) is 5.29. The predicted octanol–water partition coefficient (Wildman–Crippen LogP) is -0.0809. The minimum absolute atomic E-state index is 0.215. The third kappa shape index (κ3) is 4.23. The Balaban J connectivity index is 1.71. The van der Waals surface area contributed by atoms with E-state index in [1.54, 1.807) is 0 Å². The van der Waals surface area contributed by atoms with Crippen LogP contribution in [0.1, 0.15) is 19.3 Å². The molecule has 2 saturated heterocycles. The van der Waals surface area contributed by atoms with Gasteiger partial charge in [-0.25, -0.2) is 0 Å². The van der Waals surface area contributed by atoms with Crippen LogP contribution in [-0.2, 0) is 9.53 Å². The van der Waals surface area contributed by atoms with Crippen LogP contribution >= 0.6 is 0 Å². The van der Waals surface area contributed by atoms with Crippen molar-refractivity contribution >= 4 is 5.91 Å². The van der Waals surface area contributed by atoms with Crippen molar-refractivity contribution in [2.45, 2.75) is 25.4 Å². The molecule has 0 saturated carbocycles. The van der Waals surface area contributed by atoms with Crippen LogP contribution in [-0.4, -0.2) is 74.7 Å². The highest BCUT2D eigenvalue weighted by atomic mass is 16.5. The maximum absolute atomic E-state index is 12.1. The summed E-state index contributed by atoms with van der Waals surface area (Å²) >= 11 is 0. The molecule has 18 heavy (non-hydrogen) atoms. The lowest BCUT2D eigenvalue weighted by Crippen LogP contribution is -2.42. The minimum Gasteiger partial charge on any atom is -0.376 e. The maximum atomic E-state index is 12.1. The molecule has 0 aromatic heterocycles. The summed E-state index contributed by atoms with van der Waals surface area (Å²) < 4.78 is 5.57. The second-order valence-electron chi connectivity index (χ2n) is 5.29. The quantitative estimate of drug-likeness (QED) is 0.763. The molecular formula is C13H25N3O2. The monoisotopic (exact) mass is 255 g/mol. The van der Waals surface area contributed by atoms with E-state index in [0.717, 1.165) is 58.6 Å². The first-order valence-corrected chi connectivity index (χ1v) is 7.04. The lowest BCUT2D eigenvalue weighted by molar-refractivity contribution is -0.132. The van der Waals surface area contributed by atoms with Gasteiger partial charge in [0.05, 0.1) is 12.6 Å². The van der Waals surface area contributed by atoms with Crippen molar-refractivity contribution in [3.8, 4) is 0 Å². The molecule has 0 aromatic rings. The Morgan fingerprint density at radius 2 is 2.28 bits per heavy atom. The number of likely N-dealkylation sites (N-methyl/N-ethyl adjacent to an activating group) is 1. The van der Waals surface area contributed by atoms with Crippen LogP contribution in [0.3, 0.4) is 0 Å². The molecule has 1 amide bonds. The Hall–Kier alpha value is -0.650. The number of ether oxygens (including phenoxy) is 1. The van der Waals surface area contributed by atoms with Crippen LogP contribution < -0.4 is 5.32 Å². The molecule has 1 atom stereocenters.